The molecule has 0 amide bonds. The van der Waals surface area contributed by atoms with Crippen LogP contribution in [0.4, 0.5) is 11.5 Å². The molecule has 0 saturated heterocycles. The minimum Gasteiger partial charge on any atom is -0.388 e. The van der Waals surface area contributed by atoms with Crippen molar-refractivity contribution in [3.05, 3.63) is 27.9 Å². The number of nitro groups is 1. The normalized spacial score (nSPS) is 16.4. The number of nitriles is 1. The SMILES string of the molecule is N#Cc1nc(NCC2(O)CCC2)ccc1[N+](=O)[O-]. The number of aliphatic hydroxyl groups is 1. The second kappa shape index (κ2) is 4.58. The summed E-state index contributed by atoms with van der Waals surface area (Å²) in [4.78, 5) is 13.8. The first kappa shape index (κ1) is 12.3. The number of nitrogens with one attached hydrogen (secondary N) is 1. The quantitative estimate of drug-likeness (QED) is 0.611. The molecule has 1 aliphatic carbocycles. The van der Waals surface area contributed by atoms with Gasteiger partial charge in [-0.25, -0.2) is 4.98 Å². The summed E-state index contributed by atoms with van der Waals surface area (Å²) in [6.07, 6.45) is 2.46. The Morgan fingerprint density at radius 1 is 1.61 bits per heavy atom. The largest absolute Gasteiger partial charge is 0.388 e. The molecule has 2 rings (SSSR count). The van der Waals surface area contributed by atoms with E-state index < -0.39 is 10.5 Å². The van der Waals surface area contributed by atoms with Crippen LogP contribution in [0.15, 0.2) is 12.1 Å². The molecule has 0 spiro atoms. The maximum atomic E-state index is 10.6. The van der Waals surface area contributed by atoms with Gasteiger partial charge in [-0.1, -0.05) is 0 Å². The topological polar surface area (TPSA) is 112 Å². The van der Waals surface area contributed by atoms with E-state index in [1.54, 1.807) is 6.07 Å². The lowest BCUT2D eigenvalue weighted by Gasteiger charge is -2.36. The number of rotatable bonds is 4. The number of pyridine rings is 1. The maximum Gasteiger partial charge on any atom is 0.305 e. The van der Waals surface area contributed by atoms with Gasteiger partial charge in [0.25, 0.3) is 0 Å². The molecule has 7 nitrogen and oxygen atoms in total. The van der Waals surface area contributed by atoms with Gasteiger partial charge in [-0.15, -0.1) is 0 Å². The van der Waals surface area contributed by atoms with Crippen LogP contribution in [0.3, 0.4) is 0 Å². The zero-order valence-electron chi connectivity index (χ0n) is 9.59. The Labute approximate surface area is 103 Å². The van der Waals surface area contributed by atoms with Crippen LogP contribution in [0.1, 0.15) is 25.0 Å². The molecule has 1 saturated carbocycles. The average Bonchev–Trinajstić information content (AvgIpc) is 2.33. The van der Waals surface area contributed by atoms with Gasteiger partial charge in [0.1, 0.15) is 11.9 Å². The van der Waals surface area contributed by atoms with Crippen molar-refractivity contribution < 1.29 is 10.0 Å². The summed E-state index contributed by atoms with van der Waals surface area (Å²) < 4.78 is 0. The van der Waals surface area contributed by atoms with Crippen molar-refractivity contribution in [2.24, 2.45) is 0 Å². The summed E-state index contributed by atoms with van der Waals surface area (Å²) in [5.41, 5.74) is -1.26. The Morgan fingerprint density at radius 3 is 2.83 bits per heavy atom. The number of hydrogen-bond donors (Lipinski definition) is 2. The predicted octanol–water partition coefficient (Wildman–Crippen LogP) is 1.19. The van der Waals surface area contributed by atoms with Gasteiger partial charge >= 0.3 is 5.69 Å². The van der Waals surface area contributed by atoms with E-state index in [4.69, 9.17) is 5.26 Å². The predicted molar refractivity (Wildman–Crippen MR) is 62.9 cm³/mol. The molecular formula is C11H12N4O3. The van der Waals surface area contributed by atoms with Crippen LogP contribution in [0, 0.1) is 21.4 Å². The second-order valence-electron chi connectivity index (χ2n) is 4.36. The summed E-state index contributed by atoms with van der Waals surface area (Å²) in [6.45, 7) is 0.336. The second-order valence-corrected chi connectivity index (χ2v) is 4.36. The molecule has 2 N–H and O–H groups in total. The number of hydrogen-bond acceptors (Lipinski definition) is 6. The lowest BCUT2D eigenvalue weighted by molar-refractivity contribution is -0.385. The highest BCUT2D eigenvalue weighted by molar-refractivity contribution is 5.50. The first-order valence-corrected chi connectivity index (χ1v) is 5.56. The maximum absolute atomic E-state index is 10.6. The van der Waals surface area contributed by atoms with Gasteiger partial charge in [-0.2, -0.15) is 5.26 Å². The van der Waals surface area contributed by atoms with Crippen molar-refractivity contribution in [2.45, 2.75) is 24.9 Å². The van der Waals surface area contributed by atoms with Crippen molar-refractivity contribution in [1.29, 1.82) is 5.26 Å². The lowest BCUT2D eigenvalue weighted by Crippen LogP contribution is -2.43. The van der Waals surface area contributed by atoms with Gasteiger partial charge in [-0.05, 0) is 25.3 Å². The Hall–Kier alpha value is -2.20. The molecule has 0 bridgehead atoms. The van der Waals surface area contributed by atoms with E-state index in [2.05, 4.69) is 10.3 Å². The van der Waals surface area contributed by atoms with E-state index in [1.165, 1.54) is 12.1 Å². The minimum absolute atomic E-state index is 0.231. The van der Waals surface area contributed by atoms with E-state index in [0.717, 1.165) is 19.3 Å². The first-order chi connectivity index (χ1) is 8.54. The van der Waals surface area contributed by atoms with Crippen LogP contribution in [0.25, 0.3) is 0 Å². The van der Waals surface area contributed by atoms with Crippen LogP contribution < -0.4 is 5.32 Å². The van der Waals surface area contributed by atoms with E-state index in [1.807, 2.05) is 0 Å². The smallest absolute Gasteiger partial charge is 0.305 e. The average molecular weight is 248 g/mol. The standard InChI is InChI=1S/C11H12N4O3/c12-6-8-9(15(17)18)2-3-10(14-8)13-7-11(16)4-1-5-11/h2-3,16H,1,4-5,7H2,(H,13,14). The van der Waals surface area contributed by atoms with Crippen molar-refractivity contribution >= 4 is 11.5 Å². The van der Waals surface area contributed by atoms with Crippen molar-refractivity contribution in [2.75, 3.05) is 11.9 Å². The molecule has 1 aromatic rings. The summed E-state index contributed by atoms with van der Waals surface area (Å²) in [5.74, 6) is 0.359. The molecule has 1 aliphatic rings. The Balaban J connectivity index is 2.10. The summed E-state index contributed by atoms with van der Waals surface area (Å²) in [7, 11) is 0. The molecule has 7 heteroatoms. The molecule has 1 heterocycles. The van der Waals surface area contributed by atoms with Gasteiger partial charge in [0.15, 0.2) is 0 Å². The Kier molecular flexibility index (Phi) is 3.12. The van der Waals surface area contributed by atoms with Crippen LogP contribution in [0.2, 0.25) is 0 Å². The molecule has 1 fully saturated rings. The molecule has 0 radical (unpaired) electrons. The fraction of sp³-hybridized carbons (Fsp3) is 0.455. The zero-order chi connectivity index (χ0) is 13.2. The molecule has 0 aromatic carbocycles. The Morgan fingerprint density at radius 2 is 2.33 bits per heavy atom. The highest BCUT2D eigenvalue weighted by Crippen LogP contribution is 2.31. The molecular weight excluding hydrogens is 236 g/mol. The van der Waals surface area contributed by atoms with Gasteiger partial charge < -0.3 is 10.4 Å². The molecule has 94 valence electrons. The zero-order valence-corrected chi connectivity index (χ0v) is 9.59. The molecule has 0 atom stereocenters. The monoisotopic (exact) mass is 248 g/mol. The highest BCUT2D eigenvalue weighted by Gasteiger charge is 2.34. The van der Waals surface area contributed by atoms with E-state index >= 15 is 0 Å². The third-order valence-corrected chi connectivity index (χ3v) is 3.06. The van der Waals surface area contributed by atoms with Crippen molar-refractivity contribution in [3.63, 3.8) is 0 Å². The van der Waals surface area contributed by atoms with Crippen LogP contribution in [-0.4, -0.2) is 27.2 Å². The van der Waals surface area contributed by atoms with Gasteiger partial charge in [-0.3, -0.25) is 10.1 Å². The molecule has 1 aromatic heterocycles. The third kappa shape index (κ3) is 2.38. The van der Waals surface area contributed by atoms with Gasteiger partial charge in [0, 0.05) is 12.6 Å². The van der Waals surface area contributed by atoms with E-state index in [0.29, 0.717) is 12.4 Å². The Bertz CT molecular complexity index is 520. The fourth-order valence-electron chi connectivity index (χ4n) is 1.80. The van der Waals surface area contributed by atoms with Crippen LogP contribution in [0.5, 0.6) is 0 Å². The summed E-state index contributed by atoms with van der Waals surface area (Å²) >= 11 is 0. The number of nitrogens with zero attached hydrogens (tertiary/aromatic N) is 3. The van der Waals surface area contributed by atoms with Crippen molar-refractivity contribution in [1.82, 2.24) is 4.98 Å². The van der Waals surface area contributed by atoms with Gasteiger partial charge in [0.05, 0.1) is 10.5 Å². The first-order valence-electron chi connectivity index (χ1n) is 5.56. The van der Waals surface area contributed by atoms with Crippen LogP contribution in [-0.2, 0) is 0 Å². The molecule has 0 unspecified atom stereocenters. The van der Waals surface area contributed by atoms with Gasteiger partial charge in [0.2, 0.25) is 5.69 Å². The highest BCUT2D eigenvalue weighted by atomic mass is 16.6. The summed E-state index contributed by atoms with van der Waals surface area (Å²) in [6, 6.07) is 4.35. The number of anilines is 1. The third-order valence-electron chi connectivity index (χ3n) is 3.06. The molecule has 0 aliphatic heterocycles. The lowest BCUT2D eigenvalue weighted by atomic mass is 9.80. The summed E-state index contributed by atoms with van der Waals surface area (Å²) in [5, 5.41) is 32.2. The fourth-order valence-corrected chi connectivity index (χ4v) is 1.80. The minimum atomic E-state index is -0.712. The number of aromatic nitrogens is 1. The van der Waals surface area contributed by atoms with E-state index in [-0.39, 0.29) is 11.4 Å². The van der Waals surface area contributed by atoms with Crippen molar-refractivity contribution in [3.8, 4) is 6.07 Å². The van der Waals surface area contributed by atoms with E-state index in [9.17, 15) is 15.2 Å². The molecule has 18 heavy (non-hydrogen) atoms. The van der Waals surface area contributed by atoms with Crippen LogP contribution >= 0.6 is 0 Å².